The third kappa shape index (κ3) is 5.61. The number of ether oxygens (including phenoxy) is 2. The van der Waals surface area contributed by atoms with E-state index in [0.29, 0.717) is 37.4 Å². The number of benzene rings is 2. The van der Waals surface area contributed by atoms with Crippen LogP contribution in [0.25, 0.3) is 0 Å². The van der Waals surface area contributed by atoms with Gasteiger partial charge in [0, 0.05) is 36.9 Å². The Morgan fingerprint density at radius 3 is 2.38 bits per heavy atom. The normalized spacial score (nSPS) is 21.9. The lowest BCUT2D eigenvalue weighted by atomic mass is 9.85. The number of nitrogens with one attached hydrogen (secondary N) is 1. The largest absolute Gasteiger partial charge is 0.493 e. The van der Waals surface area contributed by atoms with E-state index in [1.165, 1.54) is 0 Å². The molecule has 40 heavy (non-hydrogen) atoms. The van der Waals surface area contributed by atoms with Crippen molar-refractivity contribution in [2.75, 3.05) is 27.3 Å². The summed E-state index contributed by atoms with van der Waals surface area (Å²) in [4.78, 5) is 40.1. The van der Waals surface area contributed by atoms with Gasteiger partial charge < -0.3 is 24.8 Å². The number of rotatable bonds is 8. The lowest BCUT2D eigenvalue weighted by Gasteiger charge is -2.41. The predicted molar refractivity (Wildman–Crippen MR) is 148 cm³/mol. The molecule has 5 rings (SSSR count). The van der Waals surface area contributed by atoms with Crippen LogP contribution in [-0.4, -0.2) is 78.0 Å². The van der Waals surface area contributed by atoms with E-state index in [9.17, 15) is 19.5 Å². The van der Waals surface area contributed by atoms with Gasteiger partial charge in [0.1, 0.15) is 6.04 Å². The van der Waals surface area contributed by atoms with Crippen LogP contribution in [0.3, 0.4) is 0 Å². The number of likely N-dealkylation sites (tertiary alicyclic amines) is 1. The molecule has 1 aliphatic carbocycles. The van der Waals surface area contributed by atoms with Crippen LogP contribution in [0.2, 0.25) is 0 Å². The first-order valence-electron chi connectivity index (χ1n) is 13.9. The van der Waals surface area contributed by atoms with Crippen molar-refractivity contribution in [1.82, 2.24) is 15.2 Å². The third-order valence-corrected chi connectivity index (χ3v) is 8.31. The number of carbonyl (C=O) groups excluding carboxylic acids is 2. The second kappa shape index (κ2) is 12.0. The van der Waals surface area contributed by atoms with Crippen LogP contribution in [0.15, 0.2) is 53.6 Å². The summed E-state index contributed by atoms with van der Waals surface area (Å²) in [6, 6.07) is 14.1. The number of methoxy groups -OCH3 is 2. The molecule has 1 saturated heterocycles. The minimum absolute atomic E-state index is 0.0611. The average Bonchev–Trinajstić information content (AvgIpc) is 3.48. The van der Waals surface area contributed by atoms with Crippen LogP contribution >= 0.6 is 0 Å². The van der Waals surface area contributed by atoms with Crippen molar-refractivity contribution in [2.24, 2.45) is 16.9 Å². The maximum absolute atomic E-state index is 13.6. The van der Waals surface area contributed by atoms with E-state index in [2.05, 4.69) is 5.32 Å². The van der Waals surface area contributed by atoms with Crippen LogP contribution in [0.5, 0.6) is 11.5 Å². The molecule has 0 unspecified atom stereocenters. The fourth-order valence-corrected chi connectivity index (χ4v) is 6.27. The number of hydrogen-bond donors (Lipinski definition) is 2. The van der Waals surface area contributed by atoms with Crippen molar-refractivity contribution in [3.05, 3.63) is 59.7 Å². The molecule has 3 amide bonds. The average molecular weight is 549 g/mol. The summed E-state index contributed by atoms with van der Waals surface area (Å²) < 4.78 is 10.9. The maximum Gasteiger partial charge on any atom is 0.405 e. The second-order valence-electron chi connectivity index (χ2n) is 10.6. The van der Waals surface area contributed by atoms with Gasteiger partial charge in [-0.05, 0) is 49.4 Å². The van der Waals surface area contributed by atoms with Crippen molar-refractivity contribution in [3.8, 4) is 11.5 Å². The highest BCUT2D eigenvalue weighted by Gasteiger charge is 2.45. The minimum Gasteiger partial charge on any atom is -0.493 e. The van der Waals surface area contributed by atoms with Gasteiger partial charge in [-0.3, -0.25) is 9.59 Å². The van der Waals surface area contributed by atoms with Gasteiger partial charge >= 0.3 is 6.09 Å². The number of hydrogen-bond acceptors (Lipinski definition) is 6. The molecule has 2 aliphatic heterocycles. The smallest absolute Gasteiger partial charge is 0.405 e. The van der Waals surface area contributed by atoms with Crippen molar-refractivity contribution >= 4 is 23.6 Å². The molecule has 0 aromatic heterocycles. The van der Waals surface area contributed by atoms with E-state index in [1.807, 2.05) is 48.5 Å². The summed E-state index contributed by atoms with van der Waals surface area (Å²) in [5, 5.41) is 18.3. The zero-order valence-corrected chi connectivity index (χ0v) is 22.9. The van der Waals surface area contributed by atoms with Gasteiger partial charge in [0.15, 0.2) is 11.5 Å². The van der Waals surface area contributed by atoms with Gasteiger partial charge in [0.05, 0.1) is 26.0 Å². The highest BCUT2D eigenvalue weighted by molar-refractivity contribution is 6.07. The lowest BCUT2D eigenvalue weighted by molar-refractivity contribution is -0.142. The number of carboxylic acid groups (broad SMARTS) is 1. The fraction of sp³-hybridized carbons (Fsp3) is 0.467. The molecule has 212 valence electrons. The monoisotopic (exact) mass is 548 g/mol. The van der Waals surface area contributed by atoms with Gasteiger partial charge in [0.2, 0.25) is 11.8 Å². The fourth-order valence-electron chi connectivity index (χ4n) is 6.27. The number of hydrazone groups is 1. The number of carbonyl (C=O) groups is 3. The van der Waals surface area contributed by atoms with Crippen LogP contribution in [-0.2, 0) is 16.0 Å². The molecule has 2 N–H and O–H groups in total. The third-order valence-electron chi connectivity index (χ3n) is 8.31. The molecule has 10 nitrogen and oxygen atoms in total. The first kappa shape index (κ1) is 27.5. The van der Waals surface area contributed by atoms with Gasteiger partial charge in [0.25, 0.3) is 0 Å². The summed E-state index contributed by atoms with van der Waals surface area (Å²) in [7, 11) is 3.20. The van der Waals surface area contributed by atoms with Gasteiger partial charge in [-0.1, -0.05) is 36.8 Å². The summed E-state index contributed by atoms with van der Waals surface area (Å²) in [5.41, 5.74) is 2.70. The second-order valence-corrected chi connectivity index (χ2v) is 10.6. The zero-order valence-electron chi connectivity index (χ0n) is 22.9. The van der Waals surface area contributed by atoms with E-state index in [0.717, 1.165) is 36.1 Å². The quantitative estimate of drug-likeness (QED) is 0.521. The SMILES string of the molecule is COc1ccc(C2=NN(C3CCN(C(=O)[C@@H](Cc4ccccc4)NC(=O)O)CC3)C(=O)[C@@H]3CCC[C@H]23)cc1OC. The van der Waals surface area contributed by atoms with Crippen molar-refractivity contribution in [3.63, 3.8) is 0 Å². The maximum atomic E-state index is 13.6. The first-order chi connectivity index (χ1) is 19.4. The summed E-state index contributed by atoms with van der Waals surface area (Å²) >= 11 is 0. The topological polar surface area (TPSA) is 121 Å². The number of amides is 3. The molecule has 2 heterocycles. The van der Waals surface area contributed by atoms with E-state index in [-0.39, 0.29) is 36.1 Å². The Morgan fingerprint density at radius 1 is 1.00 bits per heavy atom. The summed E-state index contributed by atoms with van der Waals surface area (Å²) in [5.74, 6) is 1.04. The van der Waals surface area contributed by atoms with Crippen LogP contribution in [0.1, 0.15) is 43.2 Å². The van der Waals surface area contributed by atoms with Crippen molar-refractivity contribution < 1.29 is 29.0 Å². The molecular weight excluding hydrogens is 512 g/mol. The first-order valence-corrected chi connectivity index (χ1v) is 13.9. The molecule has 10 heteroatoms. The Hall–Kier alpha value is -4.08. The number of nitrogens with zero attached hydrogens (tertiary/aromatic N) is 3. The van der Waals surface area contributed by atoms with Gasteiger partial charge in [-0.2, -0.15) is 5.10 Å². The molecule has 2 aromatic rings. The molecule has 0 bridgehead atoms. The minimum atomic E-state index is -1.23. The number of piperidine rings is 1. The van der Waals surface area contributed by atoms with E-state index in [4.69, 9.17) is 14.6 Å². The van der Waals surface area contributed by atoms with E-state index >= 15 is 0 Å². The van der Waals surface area contributed by atoms with Gasteiger partial charge in [-0.15, -0.1) is 0 Å². The Bertz CT molecular complexity index is 1270. The highest BCUT2D eigenvalue weighted by atomic mass is 16.5. The number of fused-ring (bicyclic) bond motifs is 1. The molecular formula is C30H36N4O6. The molecule has 0 spiro atoms. The van der Waals surface area contributed by atoms with Crippen LogP contribution < -0.4 is 14.8 Å². The van der Waals surface area contributed by atoms with Crippen LogP contribution in [0.4, 0.5) is 4.79 Å². The predicted octanol–water partition coefficient (Wildman–Crippen LogP) is 3.54. The Balaban J connectivity index is 1.32. The molecule has 2 fully saturated rings. The van der Waals surface area contributed by atoms with Crippen molar-refractivity contribution in [1.29, 1.82) is 0 Å². The highest BCUT2D eigenvalue weighted by Crippen LogP contribution is 2.41. The Morgan fingerprint density at radius 2 is 1.70 bits per heavy atom. The van der Waals surface area contributed by atoms with Crippen molar-refractivity contribution in [2.45, 2.75) is 50.6 Å². The molecule has 2 aromatic carbocycles. The molecule has 3 atom stereocenters. The standard InChI is InChI=1S/C30H36N4O6/c1-39-25-12-11-20(18-26(25)40-2)27-22-9-6-10-23(22)28(35)34(32-27)21-13-15-33(16-14-21)29(36)24(31-30(37)38)17-19-7-4-3-5-8-19/h3-5,7-8,11-12,18,21-24,31H,6,9-10,13-17H2,1-2H3,(H,37,38)/t22-,23+,24+/m0/s1. The van der Waals surface area contributed by atoms with E-state index < -0.39 is 12.1 Å². The van der Waals surface area contributed by atoms with E-state index in [1.54, 1.807) is 24.1 Å². The molecule has 1 saturated carbocycles. The van der Waals surface area contributed by atoms with Gasteiger partial charge in [-0.25, -0.2) is 9.80 Å². The Kier molecular flexibility index (Phi) is 8.23. The zero-order chi connectivity index (χ0) is 28.2. The lowest BCUT2D eigenvalue weighted by Crippen LogP contribution is -2.55. The summed E-state index contributed by atoms with van der Waals surface area (Å²) in [6.07, 6.45) is 2.93. The molecule has 3 aliphatic rings. The van der Waals surface area contributed by atoms with Crippen LogP contribution in [0, 0.1) is 11.8 Å². The molecule has 0 radical (unpaired) electrons. The Labute approximate surface area is 233 Å². The summed E-state index contributed by atoms with van der Waals surface area (Å²) in [6.45, 7) is 0.852.